The van der Waals surface area contributed by atoms with E-state index in [0.29, 0.717) is 12.0 Å². The Morgan fingerprint density at radius 1 is 1.14 bits per heavy atom. The zero-order valence-electron chi connectivity index (χ0n) is 16.8. The standard InChI is InChI=1S/C23H30N4O/c1-24-21-15-18(12-13-25-21)23(28)27-16-19(17-9-5-3-6-10-17)22-20(27)11-7-4-8-14-26(22)2/h3,5-6,9-10,12-13,15,19-20,22H,4,7-8,11,14,16H2,1-2H3,(H,24,25)/t19-,20+,22-/m0/s1. The van der Waals surface area contributed by atoms with Crippen LogP contribution in [0.4, 0.5) is 5.82 Å². The third-order valence-electron chi connectivity index (χ3n) is 6.37. The van der Waals surface area contributed by atoms with E-state index in [4.69, 9.17) is 0 Å². The predicted octanol–water partition coefficient (Wildman–Crippen LogP) is 3.61. The quantitative estimate of drug-likeness (QED) is 0.886. The van der Waals surface area contributed by atoms with Crippen molar-refractivity contribution < 1.29 is 4.79 Å². The second-order valence-corrected chi connectivity index (χ2v) is 8.04. The summed E-state index contributed by atoms with van der Waals surface area (Å²) >= 11 is 0. The van der Waals surface area contributed by atoms with Gasteiger partial charge in [0.25, 0.3) is 5.91 Å². The van der Waals surface area contributed by atoms with Crippen LogP contribution in [0.2, 0.25) is 0 Å². The lowest BCUT2D eigenvalue weighted by atomic mass is 9.87. The summed E-state index contributed by atoms with van der Waals surface area (Å²) in [5.41, 5.74) is 2.06. The third kappa shape index (κ3) is 3.63. The Morgan fingerprint density at radius 3 is 2.75 bits per heavy atom. The predicted molar refractivity (Wildman–Crippen MR) is 113 cm³/mol. The molecule has 5 heteroatoms. The Kier molecular flexibility index (Phi) is 5.62. The summed E-state index contributed by atoms with van der Waals surface area (Å²) in [6, 6.07) is 15.0. The number of pyridine rings is 1. The highest BCUT2D eigenvalue weighted by atomic mass is 16.2. The van der Waals surface area contributed by atoms with Crippen molar-refractivity contribution >= 4 is 11.7 Å². The van der Waals surface area contributed by atoms with Gasteiger partial charge in [0.05, 0.1) is 0 Å². The van der Waals surface area contributed by atoms with E-state index in [1.807, 2.05) is 19.2 Å². The number of nitrogens with zero attached hydrogens (tertiary/aromatic N) is 3. The van der Waals surface area contributed by atoms with Crippen LogP contribution in [0.1, 0.15) is 47.5 Å². The first-order valence-electron chi connectivity index (χ1n) is 10.4. The molecule has 3 atom stereocenters. The van der Waals surface area contributed by atoms with Crippen molar-refractivity contribution in [1.82, 2.24) is 14.8 Å². The molecular formula is C23H30N4O. The van der Waals surface area contributed by atoms with Crippen LogP contribution in [-0.2, 0) is 0 Å². The fourth-order valence-electron chi connectivity index (χ4n) is 4.98. The molecule has 2 aliphatic heterocycles. The number of amides is 1. The average molecular weight is 379 g/mol. The van der Waals surface area contributed by atoms with Gasteiger partial charge in [-0.3, -0.25) is 4.79 Å². The summed E-state index contributed by atoms with van der Waals surface area (Å²) in [5.74, 6) is 1.21. The number of likely N-dealkylation sites (N-methyl/N-ethyl adjacent to an activating group) is 1. The van der Waals surface area contributed by atoms with Crippen LogP contribution < -0.4 is 5.32 Å². The minimum Gasteiger partial charge on any atom is -0.373 e. The molecule has 0 unspecified atom stereocenters. The van der Waals surface area contributed by atoms with Gasteiger partial charge in [-0.05, 0) is 44.1 Å². The van der Waals surface area contributed by atoms with Gasteiger partial charge in [-0.15, -0.1) is 0 Å². The van der Waals surface area contributed by atoms with Crippen LogP contribution in [0.3, 0.4) is 0 Å². The highest BCUT2D eigenvalue weighted by molar-refractivity contribution is 5.95. The molecule has 1 amide bonds. The summed E-state index contributed by atoms with van der Waals surface area (Å²) in [7, 11) is 4.07. The van der Waals surface area contributed by atoms with E-state index in [1.54, 1.807) is 6.20 Å². The van der Waals surface area contributed by atoms with Gasteiger partial charge in [0.2, 0.25) is 0 Å². The number of hydrogen-bond donors (Lipinski definition) is 1. The van der Waals surface area contributed by atoms with E-state index < -0.39 is 0 Å². The number of fused-ring (bicyclic) bond motifs is 1. The van der Waals surface area contributed by atoms with Gasteiger partial charge in [0.1, 0.15) is 5.82 Å². The third-order valence-corrected chi connectivity index (χ3v) is 6.37. The number of benzene rings is 1. The SMILES string of the molecule is CNc1cc(C(=O)N2C[C@@H](c3ccccc3)[C@H]3[C@H]2CCCCCN3C)ccn1. The topological polar surface area (TPSA) is 48.5 Å². The molecule has 3 heterocycles. The molecule has 4 rings (SSSR count). The normalized spacial score (nSPS) is 25.6. The van der Waals surface area contributed by atoms with E-state index >= 15 is 0 Å². The van der Waals surface area contributed by atoms with Crippen molar-refractivity contribution in [3.05, 3.63) is 59.8 Å². The van der Waals surface area contributed by atoms with E-state index in [-0.39, 0.29) is 11.9 Å². The highest BCUT2D eigenvalue weighted by Crippen LogP contribution is 2.39. The fraction of sp³-hybridized carbons (Fsp3) is 0.478. The second kappa shape index (κ2) is 8.31. The van der Waals surface area contributed by atoms with E-state index in [9.17, 15) is 4.79 Å². The maximum absolute atomic E-state index is 13.5. The molecule has 1 aromatic heterocycles. The van der Waals surface area contributed by atoms with Crippen LogP contribution in [0, 0.1) is 0 Å². The first-order valence-corrected chi connectivity index (χ1v) is 10.4. The maximum atomic E-state index is 13.5. The summed E-state index contributed by atoms with van der Waals surface area (Å²) in [4.78, 5) is 22.4. The number of carbonyl (C=O) groups is 1. The Bertz CT molecular complexity index is 809. The minimum absolute atomic E-state index is 0.126. The maximum Gasteiger partial charge on any atom is 0.254 e. The van der Waals surface area contributed by atoms with E-state index in [1.165, 1.54) is 24.8 Å². The fourth-order valence-corrected chi connectivity index (χ4v) is 4.98. The number of carbonyl (C=O) groups excluding carboxylic acids is 1. The van der Waals surface area contributed by atoms with Gasteiger partial charge >= 0.3 is 0 Å². The number of aromatic nitrogens is 1. The molecule has 2 aliphatic rings. The van der Waals surface area contributed by atoms with Crippen molar-refractivity contribution in [3.8, 4) is 0 Å². The lowest BCUT2D eigenvalue weighted by molar-refractivity contribution is 0.0669. The van der Waals surface area contributed by atoms with Crippen LogP contribution in [0.15, 0.2) is 48.7 Å². The summed E-state index contributed by atoms with van der Waals surface area (Å²) in [5, 5.41) is 3.04. The summed E-state index contributed by atoms with van der Waals surface area (Å²) in [6.07, 6.45) is 6.47. The number of likely N-dealkylation sites (tertiary alicyclic amines) is 2. The second-order valence-electron chi connectivity index (χ2n) is 8.04. The van der Waals surface area contributed by atoms with Crippen molar-refractivity contribution in [2.24, 2.45) is 0 Å². The van der Waals surface area contributed by atoms with Gasteiger partial charge in [0.15, 0.2) is 0 Å². The van der Waals surface area contributed by atoms with E-state index in [2.05, 4.69) is 57.5 Å². The molecular weight excluding hydrogens is 348 g/mol. The number of hydrogen-bond acceptors (Lipinski definition) is 4. The molecule has 0 saturated carbocycles. The van der Waals surface area contributed by atoms with Crippen LogP contribution in [0.5, 0.6) is 0 Å². The van der Waals surface area contributed by atoms with Gasteiger partial charge in [-0.2, -0.15) is 0 Å². The molecule has 2 fully saturated rings. The number of rotatable bonds is 3. The largest absolute Gasteiger partial charge is 0.373 e. The van der Waals surface area contributed by atoms with Gasteiger partial charge < -0.3 is 15.1 Å². The van der Waals surface area contributed by atoms with Gasteiger partial charge in [-0.25, -0.2) is 4.98 Å². The van der Waals surface area contributed by atoms with E-state index in [0.717, 1.165) is 30.9 Å². The molecule has 2 saturated heterocycles. The molecule has 1 N–H and O–H groups in total. The molecule has 1 aromatic carbocycles. The molecule has 0 aliphatic carbocycles. The molecule has 2 aromatic rings. The van der Waals surface area contributed by atoms with Gasteiger partial charge in [0, 0.05) is 43.4 Å². The molecule has 0 spiro atoms. The van der Waals surface area contributed by atoms with Gasteiger partial charge in [-0.1, -0.05) is 43.2 Å². The summed E-state index contributed by atoms with van der Waals surface area (Å²) < 4.78 is 0. The lowest BCUT2D eigenvalue weighted by Crippen LogP contribution is -2.47. The summed E-state index contributed by atoms with van der Waals surface area (Å²) in [6.45, 7) is 1.88. The Balaban J connectivity index is 1.69. The Morgan fingerprint density at radius 2 is 1.96 bits per heavy atom. The molecule has 0 radical (unpaired) electrons. The monoisotopic (exact) mass is 378 g/mol. The van der Waals surface area contributed by atoms with Crippen molar-refractivity contribution in [2.75, 3.05) is 32.5 Å². The van der Waals surface area contributed by atoms with Crippen LogP contribution >= 0.6 is 0 Å². The number of nitrogens with one attached hydrogen (secondary N) is 1. The first kappa shape index (κ1) is 18.9. The molecule has 5 nitrogen and oxygen atoms in total. The Labute approximate surface area is 167 Å². The van der Waals surface area contributed by atoms with Crippen molar-refractivity contribution in [2.45, 2.75) is 43.7 Å². The molecule has 0 bridgehead atoms. The number of anilines is 1. The zero-order valence-corrected chi connectivity index (χ0v) is 16.8. The molecule has 148 valence electrons. The minimum atomic E-state index is 0.126. The first-order chi connectivity index (χ1) is 13.7. The van der Waals surface area contributed by atoms with Crippen LogP contribution in [0.25, 0.3) is 0 Å². The smallest absolute Gasteiger partial charge is 0.254 e. The molecule has 28 heavy (non-hydrogen) atoms. The Hall–Kier alpha value is -2.40. The van der Waals surface area contributed by atoms with Crippen molar-refractivity contribution in [3.63, 3.8) is 0 Å². The lowest BCUT2D eigenvalue weighted by Gasteiger charge is -2.37. The van der Waals surface area contributed by atoms with Crippen LogP contribution in [-0.4, -0.2) is 60.0 Å². The van der Waals surface area contributed by atoms with Crippen molar-refractivity contribution in [1.29, 1.82) is 0 Å². The average Bonchev–Trinajstić information content (AvgIpc) is 3.11. The zero-order chi connectivity index (χ0) is 19.5. The highest BCUT2D eigenvalue weighted by Gasteiger charge is 2.46.